The van der Waals surface area contributed by atoms with E-state index in [1.165, 1.54) is 24.4 Å². The molecule has 1 aromatic carbocycles. The molecular weight excluding hydrogens is 580 g/mol. The minimum Gasteiger partial charge on any atom is -0.374 e. The SMILES string of the molecule is C=C(F)C=C(C=C(C)F)C=C(NC(=O)CN=C(C1COCC1=N)C(F)(F)F)c1ncccc1-c1ccc(F)c(C(N)=O)c1. The summed E-state index contributed by atoms with van der Waals surface area (Å²) in [5.74, 6) is -6.28. The Morgan fingerprint density at radius 1 is 1.23 bits per heavy atom. The van der Waals surface area contributed by atoms with E-state index in [4.69, 9.17) is 15.9 Å². The van der Waals surface area contributed by atoms with Crippen molar-refractivity contribution in [3.8, 4) is 11.1 Å². The number of rotatable bonds is 10. The molecule has 1 atom stereocenters. The Morgan fingerprint density at radius 2 is 1.95 bits per heavy atom. The molecule has 0 radical (unpaired) electrons. The molecule has 14 heteroatoms. The molecule has 4 N–H and O–H groups in total. The van der Waals surface area contributed by atoms with Gasteiger partial charge in [0.25, 0.3) is 5.91 Å². The van der Waals surface area contributed by atoms with E-state index < -0.39 is 65.8 Å². The number of hydrogen-bond donors (Lipinski definition) is 3. The number of allylic oxidation sites excluding steroid dienone is 6. The molecule has 0 spiro atoms. The van der Waals surface area contributed by atoms with Gasteiger partial charge in [0.15, 0.2) is 0 Å². The Labute approximate surface area is 241 Å². The largest absolute Gasteiger partial charge is 0.429 e. The standard InChI is InChI=1S/C29H25F6N5O3/c1-15(30)8-17(9-16(2)31)10-24(40-25(41)12-39-27(29(33,34)35)21-13-43-14-23(21)36)26-19(4-3-7-38-26)18-5-6-22(32)20(11-18)28(37)42/h3-11,21,36H,1,12-14H2,2H3,(H2,37,42)(H,40,41). The lowest BCUT2D eigenvalue weighted by atomic mass is 9.98. The van der Waals surface area contributed by atoms with Crippen LogP contribution in [0.2, 0.25) is 0 Å². The molecule has 0 aliphatic carbocycles. The maximum atomic E-state index is 14.2. The Balaban J connectivity index is 2.13. The van der Waals surface area contributed by atoms with E-state index in [1.54, 1.807) is 0 Å². The van der Waals surface area contributed by atoms with Crippen molar-refractivity contribution in [2.75, 3.05) is 19.8 Å². The maximum Gasteiger partial charge on any atom is 0.429 e. The third kappa shape index (κ3) is 8.82. The third-order valence-electron chi connectivity index (χ3n) is 5.86. The van der Waals surface area contributed by atoms with Crippen molar-refractivity contribution in [2.24, 2.45) is 16.6 Å². The minimum absolute atomic E-state index is 0.0656. The van der Waals surface area contributed by atoms with Crippen molar-refractivity contribution in [2.45, 2.75) is 13.1 Å². The second kappa shape index (κ2) is 13.9. The Bertz CT molecular complexity index is 1570. The van der Waals surface area contributed by atoms with Crippen LogP contribution in [0.25, 0.3) is 16.8 Å². The zero-order valence-corrected chi connectivity index (χ0v) is 22.6. The lowest BCUT2D eigenvalue weighted by Gasteiger charge is -2.17. The first kappa shape index (κ1) is 32.7. The van der Waals surface area contributed by atoms with Crippen LogP contribution in [0.15, 0.2) is 83.6 Å². The van der Waals surface area contributed by atoms with Gasteiger partial charge in [0.2, 0.25) is 5.91 Å². The van der Waals surface area contributed by atoms with Crippen LogP contribution in [0, 0.1) is 17.1 Å². The number of ether oxygens (including phenoxy) is 1. The van der Waals surface area contributed by atoms with Crippen LogP contribution in [-0.4, -0.2) is 54.2 Å². The molecule has 1 saturated heterocycles. The highest BCUT2D eigenvalue weighted by Gasteiger charge is 2.44. The number of carbonyl (C=O) groups excluding carboxylic acids is 2. The highest BCUT2D eigenvalue weighted by Crippen LogP contribution is 2.30. The quantitative estimate of drug-likeness (QED) is 0.190. The summed E-state index contributed by atoms with van der Waals surface area (Å²) in [7, 11) is 0. The van der Waals surface area contributed by atoms with Crippen molar-refractivity contribution < 1.29 is 40.7 Å². The van der Waals surface area contributed by atoms with Crippen molar-refractivity contribution in [3.05, 3.63) is 95.6 Å². The Kier molecular flexibility index (Phi) is 10.5. The zero-order chi connectivity index (χ0) is 31.9. The van der Waals surface area contributed by atoms with Gasteiger partial charge in [0.05, 0.1) is 41.9 Å². The van der Waals surface area contributed by atoms with Gasteiger partial charge in [0.1, 0.15) is 23.9 Å². The van der Waals surface area contributed by atoms with Crippen molar-refractivity contribution in [3.63, 3.8) is 0 Å². The highest BCUT2D eigenvalue weighted by molar-refractivity contribution is 6.10. The maximum absolute atomic E-state index is 14.2. The predicted molar refractivity (Wildman–Crippen MR) is 148 cm³/mol. The molecule has 1 unspecified atom stereocenters. The van der Waals surface area contributed by atoms with Crippen LogP contribution in [0.1, 0.15) is 23.0 Å². The number of nitrogens with two attached hydrogens (primary N) is 1. The highest BCUT2D eigenvalue weighted by atomic mass is 19.4. The number of pyridine rings is 1. The van der Waals surface area contributed by atoms with E-state index >= 15 is 0 Å². The molecule has 226 valence electrons. The second-order valence-corrected chi connectivity index (χ2v) is 9.18. The summed E-state index contributed by atoms with van der Waals surface area (Å²) < 4.78 is 87.8. The topological polar surface area (TPSA) is 131 Å². The number of benzene rings is 1. The molecule has 1 fully saturated rings. The molecule has 2 aromatic rings. The molecule has 1 aliphatic rings. The van der Waals surface area contributed by atoms with E-state index in [0.29, 0.717) is 0 Å². The monoisotopic (exact) mass is 605 g/mol. The normalized spacial score (nSPS) is 16.8. The number of alkyl halides is 3. The Hall–Kier alpha value is -4.85. The molecule has 1 aromatic heterocycles. The van der Waals surface area contributed by atoms with E-state index in [-0.39, 0.29) is 40.4 Å². The number of nitrogens with one attached hydrogen (secondary N) is 2. The number of halogens is 6. The number of hydrogen-bond acceptors (Lipinski definition) is 6. The van der Waals surface area contributed by atoms with Gasteiger partial charge in [-0.05, 0) is 54.5 Å². The van der Waals surface area contributed by atoms with E-state index in [0.717, 1.165) is 37.3 Å². The smallest absolute Gasteiger partial charge is 0.374 e. The van der Waals surface area contributed by atoms with Gasteiger partial charge in [-0.15, -0.1) is 0 Å². The van der Waals surface area contributed by atoms with Crippen LogP contribution in [-0.2, 0) is 9.53 Å². The molecule has 1 aliphatic heterocycles. The molecule has 3 rings (SSSR count). The number of aromatic nitrogens is 1. The molecule has 0 bridgehead atoms. The molecular formula is C29H25F6N5O3. The number of nitrogens with zero attached hydrogens (tertiary/aromatic N) is 2. The van der Waals surface area contributed by atoms with Gasteiger partial charge in [0, 0.05) is 17.5 Å². The lowest BCUT2D eigenvalue weighted by Crippen LogP contribution is -2.36. The number of primary amides is 1. The fourth-order valence-corrected chi connectivity index (χ4v) is 4.08. The average molecular weight is 606 g/mol. The first-order valence-electron chi connectivity index (χ1n) is 12.4. The van der Waals surface area contributed by atoms with E-state index in [9.17, 15) is 35.9 Å². The summed E-state index contributed by atoms with van der Waals surface area (Å²) in [6, 6.07) is 6.32. The zero-order valence-electron chi connectivity index (χ0n) is 22.6. The number of aliphatic imine (C=N–C) groups is 1. The molecule has 0 saturated carbocycles. The first-order chi connectivity index (χ1) is 20.2. The average Bonchev–Trinajstić information content (AvgIpc) is 3.32. The van der Waals surface area contributed by atoms with Gasteiger partial charge in [-0.1, -0.05) is 18.7 Å². The van der Waals surface area contributed by atoms with Crippen molar-refractivity contribution >= 4 is 28.9 Å². The van der Waals surface area contributed by atoms with Crippen LogP contribution < -0.4 is 11.1 Å². The van der Waals surface area contributed by atoms with E-state index in [2.05, 4.69) is 21.9 Å². The molecule has 43 heavy (non-hydrogen) atoms. The van der Waals surface area contributed by atoms with Gasteiger partial charge >= 0.3 is 6.18 Å². The van der Waals surface area contributed by atoms with Crippen LogP contribution in [0.3, 0.4) is 0 Å². The summed E-state index contributed by atoms with van der Waals surface area (Å²) in [4.78, 5) is 32.3. The summed E-state index contributed by atoms with van der Waals surface area (Å²) in [6.45, 7) is 2.38. The lowest BCUT2D eigenvalue weighted by molar-refractivity contribution is -0.118. The fraction of sp³-hybridized carbons (Fsp3) is 0.207. The summed E-state index contributed by atoms with van der Waals surface area (Å²) >= 11 is 0. The fourth-order valence-electron chi connectivity index (χ4n) is 4.08. The summed E-state index contributed by atoms with van der Waals surface area (Å²) in [5.41, 5.74) is 3.01. The van der Waals surface area contributed by atoms with Gasteiger partial charge < -0.3 is 21.2 Å². The molecule has 2 amide bonds. The minimum atomic E-state index is -4.96. The molecule has 8 nitrogen and oxygen atoms in total. The van der Waals surface area contributed by atoms with Crippen LogP contribution in [0.5, 0.6) is 0 Å². The van der Waals surface area contributed by atoms with Crippen molar-refractivity contribution in [1.29, 1.82) is 5.41 Å². The van der Waals surface area contributed by atoms with Gasteiger partial charge in [-0.25, -0.2) is 13.2 Å². The van der Waals surface area contributed by atoms with Gasteiger partial charge in [-0.3, -0.25) is 19.6 Å². The second-order valence-electron chi connectivity index (χ2n) is 9.18. The summed E-state index contributed by atoms with van der Waals surface area (Å²) in [5, 5.41) is 10.1. The third-order valence-corrected chi connectivity index (χ3v) is 5.86. The molecule has 2 heterocycles. The number of carbonyl (C=O) groups is 2. The van der Waals surface area contributed by atoms with E-state index in [1.807, 2.05) is 0 Å². The van der Waals surface area contributed by atoms with Crippen LogP contribution in [0.4, 0.5) is 26.3 Å². The number of amides is 2. The Morgan fingerprint density at radius 3 is 2.53 bits per heavy atom. The summed E-state index contributed by atoms with van der Waals surface area (Å²) in [6.07, 6.45) is -0.859. The first-order valence-corrected chi connectivity index (χ1v) is 12.4. The van der Waals surface area contributed by atoms with Gasteiger partial charge in [-0.2, -0.15) is 13.2 Å². The van der Waals surface area contributed by atoms with Crippen molar-refractivity contribution in [1.82, 2.24) is 10.3 Å². The van der Waals surface area contributed by atoms with Crippen LogP contribution >= 0.6 is 0 Å². The predicted octanol–water partition coefficient (Wildman–Crippen LogP) is 5.40.